The molecule has 5 rings (SSSR count). The van der Waals surface area contributed by atoms with E-state index < -0.39 is 44.3 Å². The SMILES string of the molecule is COCC(c1ccccc1)n1c(C2CCCO2)nc(O)c(S(=O)(=O)c2ccc(-c3ccc(F)nc3C)cc2)c1=O. The van der Waals surface area contributed by atoms with Gasteiger partial charge in [0.2, 0.25) is 21.7 Å². The van der Waals surface area contributed by atoms with Gasteiger partial charge in [-0.15, -0.1) is 0 Å². The largest absolute Gasteiger partial charge is 0.492 e. The molecule has 208 valence electrons. The standard InChI is InChI=1S/C29H28FN3O6S/c1-18-22(14-15-25(30)31-18)19-10-12-21(13-11-19)40(36,37)26-28(34)32-27(24-9-6-16-39-24)33(29(26)35)23(17-38-2)20-7-4-3-5-8-20/h3-5,7-8,10-15,23-24,34H,6,9,16-17H2,1-2H3. The van der Waals surface area contributed by atoms with E-state index in [2.05, 4.69) is 9.97 Å². The molecule has 1 saturated heterocycles. The molecule has 40 heavy (non-hydrogen) atoms. The Balaban J connectivity index is 1.66. The van der Waals surface area contributed by atoms with E-state index in [1.807, 2.05) is 18.2 Å². The second-order valence-electron chi connectivity index (χ2n) is 9.48. The van der Waals surface area contributed by atoms with Crippen LogP contribution in [0.25, 0.3) is 11.1 Å². The molecule has 2 aromatic carbocycles. The van der Waals surface area contributed by atoms with E-state index >= 15 is 0 Å². The molecule has 0 saturated carbocycles. The summed E-state index contributed by atoms with van der Waals surface area (Å²) in [6.07, 6.45) is 0.702. The molecule has 1 aliphatic heterocycles. The van der Waals surface area contributed by atoms with Crippen LogP contribution in [0.5, 0.6) is 5.88 Å². The first-order valence-electron chi connectivity index (χ1n) is 12.7. The lowest BCUT2D eigenvalue weighted by atomic mass is 10.1. The zero-order valence-corrected chi connectivity index (χ0v) is 22.8. The van der Waals surface area contributed by atoms with Gasteiger partial charge in [-0.2, -0.15) is 9.37 Å². The maximum Gasteiger partial charge on any atom is 0.277 e. The second-order valence-corrected chi connectivity index (χ2v) is 11.4. The minimum absolute atomic E-state index is 0.0509. The molecule has 2 atom stereocenters. The highest BCUT2D eigenvalue weighted by atomic mass is 32.2. The van der Waals surface area contributed by atoms with Crippen molar-refractivity contribution in [3.8, 4) is 17.0 Å². The van der Waals surface area contributed by atoms with Crippen LogP contribution >= 0.6 is 0 Å². The van der Waals surface area contributed by atoms with Gasteiger partial charge in [0.25, 0.3) is 5.56 Å². The fraction of sp³-hybridized carbons (Fsp3) is 0.276. The van der Waals surface area contributed by atoms with Crippen LogP contribution < -0.4 is 5.56 Å². The molecule has 2 aromatic heterocycles. The molecule has 4 aromatic rings. The van der Waals surface area contributed by atoms with Gasteiger partial charge in [0.1, 0.15) is 11.9 Å². The second kappa shape index (κ2) is 11.3. The smallest absolute Gasteiger partial charge is 0.277 e. The fourth-order valence-corrected chi connectivity index (χ4v) is 6.33. The van der Waals surface area contributed by atoms with Crippen molar-refractivity contribution in [3.05, 3.63) is 100 Å². The van der Waals surface area contributed by atoms with E-state index in [0.717, 1.165) is 6.42 Å². The number of halogens is 1. The number of aromatic nitrogens is 3. The van der Waals surface area contributed by atoms with Crippen LogP contribution in [0.2, 0.25) is 0 Å². The van der Waals surface area contributed by atoms with E-state index in [1.54, 1.807) is 25.1 Å². The third-order valence-electron chi connectivity index (χ3n) is 6.92. The molecule has 0 aliphatic carbocycles. The van der Waals surface area contributed by atoms with Gasteiger partial charge in [-0.3, -0.25) is 9.36 Å². The van der Waals surface area contributed by atoms with Crippen LogP contribution in [0.1, 0.15) is 42.1 Å². The van der Waals surface area contributed by atoms with Crippen molar-refractivity contribution in [3.63, 3.8) is 0 Å². The van der Waals surface area contributed by atoms with Gasteiger partial charge in [0.05, 0.1) is 17.5 Å². The number of rotatable bonds is 8. The first kappa shape index (κ1) is 27.6. The Morgan fingerprint density at radius 3 is 2.45 bits per heavy atom. The summed E-state index contributed by atoms with van der Waals surface area (Å²) >= 11 is 0. The van der Waals surface area contributed by atoms with Crippen LogP contribution in [0, 0.1) is 12.9 Å². The van der Waals surface area contributed by atoms with Gasteiger partial charge in [-0.05, 0) is 55.2 Å². The molecular weight excluding hydrogens is 537 g/mol. The minimum atomic E-state index is -4.51. The van der Waals surface area contributed by atoms with Gasteiger partial charge in [-0.25, -0.2) is 13.4 Å². The highest BCUT2D eigenvalue weighted by Crippen LogP contribution is 2.34. The number of methoxy groups -OCH3 is 1. The van der Waals surface area contributed by atoms with Crippen molar-refractivity contribution in [1.29, 1.82) is 0 Å². The summed E-state index contributed by atoms with van der Waals surface area (Å²) in [7, 11) is -3.03. The molecule has 0 spiro atoms. The van der Waals surface area contributed by atoms with Crippen molar-refractivity contribution in [2.45, 2.75) is 41.7 Å². The molecule has 1 N–H and O–H groups in total. The molecular formula is C29H28FN3O6S. The van der Waals surface area contributed by atoms with Gasteiger partial charge < -0.3 is 14.6 Å². The molecule has 1 fully saturated rings. The summed E-state index contributed by atoms with van der Waals surface area (Å²) in [5.74, 6) is -1.37. The number of benzene rings is 2. The van der Waals surface area contributed by atoms with E-state index in [9.17, 15) is 22.7 Å². The van der Waals surface area contributed by atoms with Gasteiger partial charge in [0.15, 0.2) is 4.90 Å². The summed E-state index contributed by atoms with van der Waals surface area (Å²) in [5, 5.41) is 10.9. The van der Waals surface area contributed by atoms with E-state index in [1.165, 1.54) is 42.0 Å². The molecule has 0 amide bonds. The van der Waals surface area contributed by atoms with Crippen molar-refractivity contribution >= 4 is 9.84 Å². The maximum atomic E-state index is 14.1. The van der Waals surface area contributed by atoms with Crippen LogP contribution in [-0.4, -0.2) is 48.4 Å². The Kier molecular flexibility index (Phi) is 7.79. The van der Waals surface area contributed by atoms with E-state index in [4.69, 9.17) is 9.47 Å². The number of hydrogen-bond donors (Lipinski definition) is 1. The highest BCUT2D eigenvalue weighted by molar-refractivity contribution is 7.91. The van der Waals surface area contributed by atoms with Crippen LogP contribution in [0.4, 0.5) is 4.39 Å². The quantitative estimate of drug-likeness (QED) is 0.313. The lowest BCUT2D eigenvalue weighted by Gasteiger charge is -2.25. The van der Waals surface area contributed by atoms with Gasteiger partial charge >= 0.3 is 0 Å². The van der Waals surface area contributed by atoms with E-state index in [-0.39, 0.29) is 17.3 Å². The van der Waals surface area contributed by atoms with Crippen molar-refractivity contribution in [2.75, 3.05) is 20.3 Å². The van der Waals surface area contributed by atoms with Crippen LogP contribution in [0.3, 0.4) is 0 Å². The maximum absolute atomic E-state index is 14.1. The topological polar surface area (TPSA) is 121 Å². The summed E-state index contributed by atoms with van der Waals surface area (Å²) in [5.41, 5.74) is 1.46. The molecule has 3 heterocycles. The van der Waals surface area contributed by atoms with Crippen LogP contribution in [0.15, 0.2) is 81.3 Å². The number of nitrogens with zero attached hydrogens (tertiary/aromatic N) is 3. The Morgan fingerprint density at radius 2 is 1.82 bits per heavy atom. The average molecular weight is 566 g/mol. The minimum Gasteiger partial charge on any atom is -0.492 e. The van der Waals surface area contributed by atoms with Gasteiger partial charge in [0, 0.05) is 25.0 Å². The number of hydrogen-bond acceptors (Lipinski definition) is 8. The summed E-state index contributed by atoms with van der Waals surface area (Å²) < 4.78 is 53.5. The normalized spacial score (nSPS) is 16.2. The van der Waals surface area contributed by atoms with Crippen molar-refractivity contribution in [1.82, 2.24) is 14.5 Å². The summed E-state index contributed by atoms with van der Waals surface area (Å²) in [6.45, 7) is 2.15. The van der Waals surface area contributed by atoms with E-state index in [0.29, 0.717) is 35.4 Å². The number of sulfone groups is 1. The molecule has 11 heteroatoms. The first-order chi connectivity index (χ1) is 19.2. The van der Waals surface area contributed by atoms with Gasteiger partial charge in [-0.1, -0.05) is 42.5 Å². The fourth-order valence-electron chi connectivity index (χ4n) is 4.99. The Bertz CT molecular complexity index is 1690. The monoisotopic (exact) mass is 565 g/mol. The predicted octanol–water partition coefficient (Wildman–Crippen LogP) is 4.38. The number of ether oxygens (including phenoxy) is 2. The van der Waals surface area contributed by atoms with Crippen molar-refractivity contribution in [2.24, 2.45) is 0 Å². The molecule has 2 unspecified atom stereocenters. The molecule has 0 bridgehead atoms. The third kappa shape index (κ3) is 5.15. The number of aromatic hydroxyl groups is 1. The Morgan fingerprint density at radius 1 is 1.10 bits per heavy atom. The molecule has 9 nitrogen and oxygen atoms in total. The van der Waals surface area contributed by atoms with Crippen molar-refractivity contribution < 1.29 is 27.4 Å². The lowest BCUT2D eigenvalue weighted by Crippen LogP contribution is -2.36. The zero-order valence-electron chi connectivity index (χ0n) is 22.0. The highest BCUT2D eigenvalue weighted by Gasteiger charge is 2.35. The number of aryl methyl sites for hydroxylation is 1. The Hall–Kier alpha value is -3.93. The molecule has 0 radical (unpaired) electrons. The average Bonchev–Trinajstić information content (AvgIpc) is 3.47. The third-order valence-corrected chi connectivity index (χ3v) is 8.71. The van der Waals surface area contributed by atoms with Crippen LogP contribution in [-0.2, 0) is 19.3 Å². The Labute approximate surface area is 230 Å². The first-order valence-corrected chi connectivity index (χ1v) is 14.2. The molecule has 1 aliphatic rings. The zero-order chi connectivity index (χ0) is 28.4. The predicted molar refractivity (Wildman–Crippen MR) is 144 cm³/mol. The number of pyridine rings is 1. The summed E-state index contributed by atoms with van der Waals surface area (Å²) in [4.78, 5) is 21.1. The summed E-state index contributed by atoms with van der Waals surface area (Å²) in [6, 6.07) is 16.8. The lowest BCUT2D eigenvalue weighted by molar-refractivity contribution is 0.0935.